The van der Waals surface area contributed by atoms with Gasteiger partial charge >= 0.3 is 0 Å². The molecule has 1 unspecified atom stereocenters. The third-order valence-electron chi connectivity index (χ3n) is 3.69. The monoisotopic (exact) mass is 300 g/mol. The Bertz CT molecular complexity index is 558. The third-order valence-corrected chi connectivity index (χ3v) is 3.69. The molecule has 2 heterocycles. The van der Waals surface area contributed by atoms with E-state index in [0.717, 1.165) is 4.68 Å². The number of likely N-dealkylation sites (tertiary alicyclic amines) is 1. The molecule has 1 aliphatic heterocycles. The van der Waals surface area contributed by atoms with Crippen LogP contribution in [0, 0.1) is 6.92 Å². The standard InChI is InChI=1S/C13H18F2N4O2/c1-8-9(6-19(16-8)7-11(14)15)12(20)18(3)10-4-5-17(2)13(10)21/h6,10-11H,4-5,7H2,1-3H3. The average Bonchev–Trinajstić information content (AvgIpc) is 2.92. The molecule has 1 aromatic rings. The van der Waals surface area contributed by atoms with Gasteiger partial charge in [-0.05, 0) is 13.3 Å². The third kappa shape index (κ3) is 3.03. The molecule has 1 fully saturated rings. The number of carbonyl (C=O) groups excluding carboxylic acids is 2. The first kappa shape index (κ1) is 15.4. The average molecular weight is 300 g/mol. The zero-order valence-corrected chi connectivity index (χ0v) is 12.2. The molecule has 6 nitrogen and oxygen atoms in total. The Morgan fingerprint density at radius 3 is 2.76 bits per heavy atom. The number of likely N-dealkylation sites (N-methyl/N-ethyl adjacent to an activating group) is 2. The number of aromatic nitrogens is 2. The van der Waals surface area contributed by atoms with Crippen molar-refractivity contribution < 1.29 is 18.4 Å². The van der Waals surface area contributed by atoms with Crippen molar-refractivity contribution in [2.45, 2.75) is 32.4 Å². The fourth-order valence-electron chi connectivity index (χ4n) is 2.46. The van der Waals surface area contributed by atoms with Crippen molar-refractivity contribution in [3.63, 3.8) is 0 Å². The van der Waals surface area contributed by atoms with Crippen LogP contribution in [-0.2, 0) is 11.3 Å². The van der Waals surface area contributed by atoms with E-state index in [1.165, 1.54) is 11.1 Å². The van der Waals surface area contributed by atoms with E-state index in [-0.39, 0.29) is 17.4 Å². The summed E-state index contributed by atoms with van der Waals surface area (Å²) in [5.41, 5.74) is 0.631. The largest absolute Gasteiger partial charge is 0.344 e. The molecule has 1 aromatic heterocycles. The summed E-state index contributed by atoms with van der Waals surface area (Å²) in [6.07, 6.45) is -0.652. The Labute approximate surface area is 121 Å². The second kappa shape index (κ2) is 5.79. The van der Waals surface area contributed by atoms with Crippen LogP contribution in [0.2, 0.25) is 0 Å². The second-order valence-corrected chi connectivity index (χ2v) is 5.22. The normalized spacial score (nSPS) is 18.7. The molecular formula is C13H18F2N4O2. The van der Waals surface area contributed by atoms with Crippen LogP contribution in [-0.4, -0.2) is 64.5 Å². The zero-order chi connectivity index (χ0) is 15.7. The highest BCUT2D eigenvalue weighted by atomic mass is 19.3. The first-order chi connectivity index (χ1) is 9.81. The van der Waals surface area contributed by atoms with Crippen molar-refractivity contribution in [2.24, 2.45) is 0 Å². The lowest BCUT2D eigenvalue weighted by atomic mass is 10.1. The number of hydrogen-bond donors (Lipinski definition) is 0. The van der Waals surface area contributed by atoms with Crippen LogP contribution in [0.15, 0.2) is 6.20 Å². The Balaban J connectivity index is 2.16. The van der Waals surface area contributed by atoms with E-state index in [4.69, 9.17) is 0 Å². The lowest BCUT2D eigenvalue weighted by Crippen LogP contribution is -2.42. The van der Waals surface area contributed by atoms with Crippen LogP contribution in [0.25, 0.3) is 0 Å². The molecule has 1 atom stereocenters. The lowest BCUT2D eigenvalue weighted by Gasteiger charge is -2.22. The van der Waals surface area contributed by atoms with Crippen molar-refractivity contribution >= 4 is 11.8 Å². The molecule has 0 saturated carbocycles. The van der Waals surface area contributed by atoms with Crippen molar-refractivity contribution in [3.8, 4) is 0 Å². The van der Waals surface area contributed by atoms with E-state index >= 15 is 0 Å². The predicted octanol–water partition coefficient (Wildman–Crippen LogP) is 0.759. The molecule has 1 saturated heterocycles. The summed E-state index contributed by atoms with van der Waals surface area (Å²) in [7, 11) is 3.24. The van der Waals surface area contributed by atoms with E-state index in [1.807, 2.05) is 0 Å². The van der Waals surface area contributed by atoms with Gasteiger partial charge in [0.15, 0.2) is 0 Å². The number of carbonyl (C=O) groups is 2. The number of rotatable bonds is 4. The molecule has 0 spiro atoms. The minimum absolute atomic E-state index is 0.108. The van der Waals surface area contributed by atoms with Gasteiger partial charge in [-0.3, -0.25) is 14.3 Å². The van der Waals surface area contributed by atoms with E-state index in [9.17, 15) is 18.4 Å². The quantitative estimate of drug-likeness (QED) is 0.825. The van der Waals surface area contributed by atoms with Crippen LogP contribution in [0.1, 0.15) is 22.5 Å². The number of halogens is 2. The molecule has 0 bridgehead atoms. The maximum atomic E-state index is 12.4. The Morgan fingerprint density at radius 2 is 2.24 bits per heavy atom. The molecule has 8 heteroatoms. The van der Waals surface area contributed by atoms with Crippen LogP contribution in [0.5, 0.6) is 0 Å². The summed E-state index contributed by atoms with van der Waals surface area (Å²) < 4.78 is 25.8. The van der Waals surface area contributed by atoms with Gasteiger partial charge in [-0.25, -0.2) is 8.78 Å². The molecule has 21 heavy (non-hydrogen) atoms. The minimum Gasteiger partial charge on any atom is -0.344 e. The predicted molar refractivity (Wildman–Crippen MR) is 71.1 cm³/mol. The maximum Gasteiger partial charge on any atom is 0.257 e. The van der Waals surface area contributed by atoms with Gasteiger partial charge in [-0.2, -0.15) is 5.10 Å². The SMILES string of the molecule is Cc1nn(CC(F)F)cc1C(=O)N(C)C1CCN(C)C1=O. The van der Waals surface area contributed by atoms with Crippen molar-refractivity contribution in [2.75, 3.05) is 20.6 Å². The Kier molecular flexibility index (Phi) is 4.24. The second-order valence-electron chi connectivity index (χ2n) is 5.22. The fraction of sp³-hybridized carbons (Fsp3) is 0.615. The smallest absolute Gasteiger partial charge is 0.257 e. The van der Waals surface area contributed by atoms with Crippen LogP contribution >= 0.6 is 0 Å². The minimum atomic E-state index is -2.53. The number of nitrogens with zero attached hydrogens (tertiary/aromatic N) is 4. The molecule has 0 aromatic carbocycles. The van der Waals surface area contributed by atoms with E-state index in [2.05, 4.69) is 5.10 Å². The van der Waals surface area contributed by atoms with Gasteiger partial charge in [-0.15, -0.1) is 0 Å². The lowest BCUT2D eigenvalue weighted by molar-refractivity contribution is -0.130. The summed E-state index contributed by atoms with van der Waals surface area (Å²) in [4.78, 5) is 27.3. The van der Waals surface area contributed by atoms with Crippen molar-refractivity contribution in [1.82, 2.24) is 19.6 Å². The van der Waals surface area contributed by atoms with Gasteiger partial charge < -0.3 is 9.80 Å². The van der Waals surface area contributed by atoms with Gasteiger partial charge in [0, 0.05) is 26.8 Å². The van der Waals surface area contributed by atoms with Crippen molar-refractivity contribution in [3.05, 3.63) is 17.5 Å². The molecular weight excluding hydrogens is 282 g/mol. The van der Waals surface area contributed by atoms with Gasteiger partial charge in [0.1, 0.15) is 12.6 Å². The number of aryl methyl sites for hydroxylation is 1. The topological polar surface area (TPSA) is 58.4 Å². The number of hydrogen-bond acceptors (Lipinski definition) is 3. The van der Waals surface area contributed by atoms with Crippen LogP contribution < -0.4 is 0 Å². The molecule has 2 amide bonds. The molecule has 2 rings (SSSR count). The Hall–Kier alpha value is -1.99. The van der Waals surface area contributed by atoms with Gasteiger partial charge in [0.25, 0.3) is 12.3 Å². The summed E-state index contributed by atoms with van der Waals surface area (Å²) in [6.45, 7) is 1.64. The Morgan fingerprint density at radius 1 is 1.57 bits per heavy atom. The molecule has 0 radical (unpaired) electrons. The first-order valence-electron chi connectivity index (χ1n) is 6.65. The van der Waals surface area contributed by atoms with Gasteiger partial charge in [-0.1, -0.05) is 0 Å². The van der Waals surface area contributed by atoms with Gasteiger partial charge in [0.05, 0.1) is 11.3 Å². The highest BCUT2D eigenvalue weighted by Gasteiger charge is 2.35. The number of alkyl halides is 2. The summed E-state index contributed by atoms with van der Waals surface area (Å²) in [5, 5.41) is 3.91. The van der Waals surface area contributed by atoms with E-state index in [1.54, 1.807) is 25.9 Å². The maximum absolute atomic E-state index is 12.4. The van der Waals surface area contributed by atoms with Crippen LogP contribution in [0.4, 0.5) is 8.78 Å². The molecule has 0 N–H and O–H groups in total. The molecule has 1 aliphatic rings. The van der Waals surface area contributed by atoms with Crippen LogP contribution in [0.3, 0.4) is 0 Å². The fourth-order valence-corrected chi connectivity index (χ4v) is 2.46. The first-order valence-corrected chi connectivity index (χ1v) is 6.65. The molecule has 116 valence electrons. The van der Waals surface area contributed by atoms with Crippen molar-refractivity contribution in [1.29, 1.82) is 0 Å². The summed E-state index contributed by atoms with van der Waals surface area (Å²) in [6, 6.07) is -0.500. The molecule has 0 aliphatic carbocycles. The summed E-state index contributed by atoms with van der Waals surface area (Å²) in [5.74, 6) is -0.481. The number of amides is 2. The van der Waals surface area contributed by atoms with Gasteiger partial charge in [0.2, 0.25) is 5.91 Å². The zero-order valence-electron chi connectivity index (χ0n) is 12.2. The van der Waals surface area contributed by atoms with E-state index in [0.29, 0.717) is 18.7 Å². The highest BCUT2D eigenvalue weighted by molar-refractivity contribution is 5.98. The summed E-state index contributed by atoms with van der Waals surface area (Å²) >= 11 is 0. The van der Waals surface area contributed by atoms with E-state index < -0.39 is 19.0 Å². The highest BCUT2D eigenvalue weighted by Crippen LogP contribution is 2.18.